The average molecular weight is 332 g/mol. The lowest BCUT2D eigenvalue weighted by Gasteiger charge is -2.37. The Morgan fingerprint density at radius 1 is 1.17 bits per heavy atom. The number of aryl methyl sites for hydroxylation is 2. The molecule has 0 saturated heterocycles. The van der Waals surface area contributed by atoms with Crippen molar-refractivity contribution >= 4 is 5.91 Å². The number of carbonyl (C=O) groups excluding carboxylic acids is 1. The smallest absolute Gasteiger partial charge is 0.224 e. The summed E-state index contributed by atoms with van der Waals surface area (Å²) in [4.78, 5) is 12.5. The molecule has 24 heavy (non-hydrogen) atoms. The number of rotatable bonds is 4. The largest absolute Gasteiger partial charge is 0.496 e. The standard InChI is InChI=1S/C21H33NO2/c1-14-11-15(2)18(19(12-14)24-6)13-20(23)22-17-9-7-16(8-10-17)21(3,4)5/h11-12,16-17H,7-10,13H2,1-6H3,(H,22,23). The summed E-state index contributed by atoms with van der Waals surface area (Å²) < 4.78 is 5.47. The van der Waals surface area contributed by atoms with Gasteiger partial charge in [-0.25, -0.2) is 0 Å². The Kier molecular flexibility index (Phi) is 5.95. The summed E-state index contributed by atoms with van der Waals surface area (Å²) in [7, 11) is 1.67. The van der Waals surface area contributed by atoms with Crippen molar-refractivity contribution in [3.05, 3.63) is 28.8 Å². The number of benzene rings is 1. The van der Waals surface area contributed by atoms with Crippen molar-refractivity contribution in [1.82, 2.24) is 5.32 Å². The Hall–Kier alpha value is -1.51. The molecule has 0 spiro atoms. The number of nitrogens with one attached hydrogen (secondary N) is 1. The molecular formula is C21H33NO2. The van der Waals surface area contributed by atoms with Crippen molar-refractivity contribution in [2.24, 2.45) is 11.3 Å². The molecule has 0 radical (unpaired) electrons. The molecule has 1 saturated carbocycles. The summed E-state index contributed by atoms with van der Waals surface area (Å²) in [6.07, 6.45) is 5.01. The maximum atomic E-state index is 12.5. The van der Waals surface area contributed by atoms with Crippen molar-refractivity contribution in [1.29, 1.82) is 0 Å². The highest BCUT2D eigenvalue weighted by Gasteiger charge is 2.30. The van der Waals surface area contributed by atoms with Crippen molar-refractivity contribution in [3.8, 4) is 5.75 Å². The van der Waals surface area contributed by atoms with Crippen LogP contribution in [-0.4, -0.2) is 19.1 Å². The number of hydrogen-bond acceptors (Lipinski definition) is 2. The van der Waals surface area contributed by atoms with Gasteiger partial charge < -0.3 is 10.1 Å². The van der Waals surface area contributed by atoms with Gasteiger partial charge in [0.25, 0.3) is 0 Å². The van der Waals surface area contributed by atoms with E-state index in [1.165, 1.54) is 12.8 Å². The van der Waals surface area contributed by atoms with Crippen LogP contribution < -0.4 is 10.1 Å². The first-order valence-corrected chi connectivity index (χ1v) is 9.14. The molecule has 0 aliphatic heterocycles. The lowest BCUT2D eigenvalue weighted by atomic mass is 9.71. The quantitative estimate of drug-likeness (QED) is 0.877. The first kappa shape index (κ1) is 18.8. The van der Waals surface area contributed by atoms with Gasteiger partial charge in [-0.3, -0.25) is 4.79 Å². The van der Waals surface area contributed by atoms with Gasteiger partial charge in [-0.15, -0.1) is 0 Å². The maximum Gasteiger partial charge on any atom is 0.224 e. The van der Waals surface area contributed by atoms with Gasteiger partial charge in [-0.2, -0.15) is 0 Å². The molecule has 1 aliphatic rings. The van der Waals surface area contributed by atoms with Gasteiger partial charge in [-0.1, -0.05) is 26.8 Å². The number of ether oxygens (including phenoxy) is 1. The number of carbonyl (C=O) groups is 1. The second-order valence-corrected chi connectivity index (χ2v) is 8.42. The van der Waals surface area contributed by atoms with Crippen LogP contribution in [0.15, 0.2) is 12.1 Å². The molecule has 0 atom stereocenters. The fourth-order valence-electron chi connectivity index (χ4n) is 3.91. The minimum atomic E-state index is 0.111. The summed E-state index contributed by atoms with van der Waals surface area (Å²) in [5.74, 6) is 1.70. The summed E-state index contributed by atoms with van der Waals surface area (Å²) in [5, 5.41) is 3.24. The zero-order valence-corrected chi connectivity index (χ0v) is 16.2. The van der Waals surface area contributed by atoms with E-state index in [-0.39, 0.29) is 5.91 Å². The first-order valence-electron chi connectivity index (χ1n) is 9.14. The highest BCUT2D eigenvalue weighted by atomic mass is 16.5. The van der Waals surface area contributed by atoms with Gasteiger partial charge >= 0.3 is 0 Å². The van der Waals surface area contributed by atoms with Crippen LogP contribution in [0.1, 0.15) is 63.1 Å². The second-order valence-electron chi connectivity index (χ2n) is 8.42. The van der Waals surface area contributed by atoms with E-state index in [0.29, 0.717) is 17.9 Å². The predicted octanol–water partition coefficient (Wildman–Crippen LogP) is 4.58. The van der Waals surface area contributed by atoms with Crippen LogP contribution in [0.5, 0.6) is 5.75 Å². The lowest BCUT2D eigenvalue weighted by molar-refractivity contribution is -0.121. The predicted molar refractivity (Wildman–Crippen MR) is 99.5 cm³/mol. The van der Waals surface area contributed by atoms with Crippen LogP contribution in [0.4, 0.5) is 0 Å². The topological polar surface area (TPSA) is 38.3 Å². The molecule has 134 valence electrons. The van der Waals surface area contributed by atoms with Gasteiger partial charge in [0, 0.05) is 11.6 Å². The van der Waals surface area contributed by atoms with Crippen molar-refractivity contribution < 1.29 is 9.53 Å². The highest BCUT2D eigenvalue weighted by molar-refractivity contribution is 5.80. The number of hydrogen-bond donors (Lipinski definition) is 1. The van der Waals surface area contributed by atoms with Crippen LogP contribution in [0, 0.1) is 25.2 Å². The zero-order valence-electron chi connectivity index (χ0n) is 16.2. The van der Waals surface area contributed by atoms with E-state index in [0.717, 1.165) is 41.2 Å². The summed E-state index contributed by atoms with van der Waals surface area (Å²) in [6.45, 7) is 11.1. The molecule has 0 heterocycles. The maximum absolute atomic E-state index is 12.5. The molecule has 1 N–H and O–H groups in total. The Morgan fingerprint density at radius 2 is 1.79 bits per heavy atom. The Morgan fingerprint density at radius 3 is 2.33 bits per heavy atom. The van der Waals surface area contributed by atoms with E-state index in [1.54, 1.807) is 7.11 Å². The monoisotopic (exact) mass is 331 g/mol. The molecule has 3 nitrogen and oxygen atoms in total. The summed E-state index contributed by atoms with van der Waals surface area (Å²) in [6, 6.07) is 4.44. The molecule has 0 aromatic heterocycles. The number of methoxy groups -OCH3 is 1. The molecule has 1 aromatic rings. The van der Waals surface area contributed by atoms with Crippen molar-refractivity contribution in [2.75, 3.05) is 7.11 Å². The number of amides is 1. The lowest BCUT2D eigenvalue weighted by Crippen LogP contribution is -2.40. The molecule has 0 bridgehead atoms. The van der Waals surface area contributed by atoms with Gasteiger partial charge in [0.1, 0.15) is 5.75 Å². The van der Waals surface area contributed by atoms with E-state index in [4.69, 9.17) is 4.74 Å². The first-order chi connectivity index (χ1) is 11.2. The third kappa shape index (κ3) is 4.75. The summed E-state index contributed by atoms with van der Waals surface area (Å²) in [5.41, 5.74) is 3.66. The highest BCUT2D eigenvalue weighted by Crippen LogP contribution is 2.37. The van der Waals surface area contributed by atoms with E-state index in [2.05, 4.69) is 32.2 Å². The normalized spacial score (nSPS) is 21.4. The van der Waals surface area contributed by atoms with Crippen LogP contribution in [0.2, 0.25) is 0 Å². The Labute approximate surface area is 147 Å². The third-order valence-electron chi connectivity index (χ3n) is 5.45. The molecule has 2 rings (SSSR count). The molecule has 0 unspecified atom stereocenters. The Balaban J connectivity index is 1.93. The zero-order chi connectivity index (χ0) is 17.9. The van der Waals surface area contributed by atoms with Gasteiger partial charge in [0.05, 0.1) is 13.5 Å². The molecule has 1 fully saturated rings. The van der Waals surface area contributed by atoms with Crippen LogP contribution in [0.3, 0.4) is 0 Å². The van der Waals surface area contributed by atoms with E-state index in [9.17, 15) is 4.79 Å². The van der Waals surface area contributed by atoms with Gasteiger partial charge in [0.2, 0.25) is 5.91 Å². The minimum Gasteiger partial charge on any atom is -0.496 e. The molecule has 3 heteroatoms. The van der Waals surface area contributed by atoms with Gasteiger partial charge in [-0.05, 0) is 68.1 Å². The van der Waals surface area contributed by atoms with Gasteiger partial charge in [0.15, 0.2) is 0 Å². The fraction of sp³-hybridized carbons (Fsp3) is 0.667. The molecular weight excluding hydrogens is 298 g/mol. The van der Waals surface area contributed by atoms with Crippen LogP contribution >= 0.6 is 0 Å². The fourth-order valence-corrected chi connectivity index (χ4v) is 3.91. The molecule has 1 aromatic carbocycles. The second kappa shape index (κ2) is 7.58. The van der Waals surface area contributed by atoms with E-state index >= 15 is 0 Å². The Bertz CT molecular complexity index is 578. The molecule has 1 aliphatic carbocycles. The van der Waals surface area contributed by atoms with E-state index < -0.39 is 0 Å². The third-order valence-corrected chi connectivity index (χ3v) is 5.45. The minimum absolute atomic E-state index is 0.111. The summed E-state index contributed by atoms with van der Waals surface area (Å²) >= 11 is 0. The van der Waals surface area contributed by atoms with Crippen LogP contribution in [-0.2, 0) is 11.2 Å². The molecule has 1 amide bonds. The van der Waals surface area contributed by atoms with Crippen molar-refractivity contribution in [3.63, 3.8) is 0 Å². The van der Waals surface area contributed by atoms with Crippen molar-refractivity contribution in [2.45, 2.75) is 72.8 Å². The average Bonchev–Trinajstić information content (AvgIpc) is 2.49. The van der Waals surface area contributed by atoms with Crippen LogP contribution in [0.25, 0.3) is 0 Å². The van der Waals surface area contributed by atoms with E-state index in [1.807, 2.05) is 19.9 Å². The SMILES string of the molecule is COc1cc(C)cc(C)c1CC(=O)NC1CCC(C(C)(C)C)CC1.